The van der Waals surface area contributed by atoms with E-state index in [0.717, 1.165) is 18.5 Å². The van der Waals surface area contributed by atoms with Crippen LogP contribution in [-0.4, -0.2) is 11.5 Å². The van der Waals surface area contributed by atoms with Gasteiger partial charge >= 0.3 is 0 Å². The van der Waals surface area contributed by atoms with Crippen molar-refractivity contribution in [2.75, 3.05) is 6.54 Å². The summed E-state index contributed by atoms with van der Waals surface area (Å²) >= 11 is 0. The molecule has 1 saturated carbocycles. The first-order valence-corrected chi connectivity index (χ1v) is 8.12. The van der Waals surface area contributed by atoms with Gasteiger partial charge in [0.25, 0.3) is 0 Å². The summed E-state index contributed by atoms with van der Waals surface area (Å²) in [5.41, 5.74) is 8.78. The molecule has 2 nitrogen and oxygen atoms in total. The topological polar surface area (TPSA) is 38.9 Å². The van der Waals surface area contributed by atoms with Crippen LogP contribution in [-0.2, 0) is 6.42 Å². The molecule has 1 aliphatic carbocycles. The molecule has 0 aliphatic heterocycles. The molecular formula is C19H26N2. The monoisotopic (exact) mass is 282 g/mol. The number of hydrogen-bond acceptors (Lipinski definition) is 2. The Morgan fingerprint density at radius 1 is 1.14 bits per heavy atom. The number of para-hydroxylation sites is 1. The minimum Gasteiger partial charge on any atom is -0.330 e. The van der Waals surface area contributed by atoms with Crippen molar-refractivity contribution in [3.63, 3.8) is 0 Å². The number of nitrogens with zero attached hydrogens (tertiary/aromatic N) is 1. The molecule has 0 saturated heterocycles. The van der Waals surface area contributed by atoms with Crippen molar-refractivity contribution in [3.8, 4) is 0 Å². The van der Waals surface area contributed by atoms with Gasteiger partial charge < -0.3 is 5.73 Å². The molecular weight excluding hydrogens is 256 g/mol. The molecule has 2 heteroatoms. The van der Waals surface area contributed by atoms with Gasteiger partial charge in [0.05, 0.1) is 5.52 Å². The molecule has 0 bridgehead atoms. The second-order valence-corrected chi connectivity index (χ2v) is 7.36. The SMILES string of the molecule is CC1(C)CCC(CN)C(Cc2ccc3ccccc3n2)C1. The number of nitrogens with two attached hydrogens (primary N) is 1. The molecule has 1 heterocycles. The summed E-state index contributed by atoms with van der Waals surface area (Å²) in [6.07, 6.45) is 4.90. The molecule has 1 aromatic carbocycles. The van der Waals surface area contributed by atoms with Gasteiger partial charge in [-0.3, -0.25) is 4.98 Å². The fraction of sp³-hybridized carbons (Fsp3) is 0.526. The molecule has 1 aromatic heterocycles. The standard InChI is InChI=1S/C19H26N2/c1-19(2)10-9-15(13-20)16(12-19)11-17-8-7-14-5-3-4-6-18(14)21-17/h3-8,15-16H,9-13,20H2,1-2H3. The number of pyridine rings is 1. The fourth-order valence-corrected chi connectivity index (χ4v) is 3.83. The van der Waals surface area contributed by atoms with E-state index in [1.807, 2.05) is 0 Å². The van der Waals surface area contributed by atoms with Crippen LogP contribution in [0.4, 0.5) is 0 Å². The fourth-order valence-electron chi connectivity index (χ4n) is 3.83. The number of aromatic nitrogens is 1. The van der Waals surface area contributed by atoms with Gasteiger partial charge in [0.1, 0.15) is 0 Å². The van der Waals surface area contributed by atoms with E-state index in [2.05, 4.69) is 50.2 Å². The van der Waals surface area contributed by atoms with E-state index in [-0.39, 0.29) is 0 Å². The van der Waals surface area contributed by atoms with Crippen LogP contribution in [0.5, 0.6) is 0 Å². The van der Waals surface area contributed by atoms with Crippen molar-refractivity contribution in [1.29, 1.82) is 0 Å². The minimum atomic E-state index is 0.452. The summed E-state index contributed by atoms with van der Waals surface area (Å²) in [7, 11) is 0. The summed E-state index contributed by atoms with van der Waals surface area (Å²) in [5, 5.41) is 1.22. The Bertz CT molecular complexity index is 618. The van der Waals surface area contributed by atoms with Crippen molar-refractivity contribution in [2.24, 2.45) is 23.0 Å². The van der Waals surface area contributed by atoms with Crippen LogP contribution in [0.25, 0.3) is 10.9 Å². The molecule has 2 aromatic rings. The lowest BCUT2D eigenvalue weighted by Gasteiger charge is -2.40. The Morgan fingerprint density at radius 3 is 2.76 bits per heavy atom. The smallest absolute Gasteiger partial charge is 0.0705 e. The van der Waals surface area contributed by atoms with Gasteiger partial charge in [-0.05, 0) is 61.6 Å². The largest absolute Gasteiger partial charge is 0.330 e. The Labute approximate surface area is 127 Å². The molecule has 2 atom stereocenters. The highest BCUT2D eigenvalue weighted by Crippen LogP contribution is 2.42. The first-order valence-electron chi connectivity index (χ1n) is 8.12. The van der Waals surface area contributed by atoms with Gasteiger partial charge in [-0.25, -0.2) is 0 Å². The van der Waals surface area contributed by atoms with Crippen LogP contribution in [0.15, 0.2) is 36.4 Å². The first kappa shape index (κ1) is 14.5. The van der Waals surface area contributed by atoms with Gasteiger partial charge in [0.15, 0.2) is 0 Å². The van der Waals surface area contributed by atoms with Crippen LogP contribution >= 0.6 is 0 Å². The van der Waals surface area contributed by atoms with Crippen LogP contribution in [0.2, 0.25) is 0 Å². The van der Waals surface area contributed by atoms with E-state index >= 15 is 0 Å². The molecule has 112 valence electrons. The maximum Gasteiger partial charge on any atom is 0.0705 e. The molecule has 2 unspecified atom stereocenters. The van der Waals surface area contributed by atoms with Crippen molar-refractivity contribution in [3.05, 3.63) is 42.1 Å². The zero-order chi connectivity index (χ0) is 14.9. The van der Waals surface area contributed by atoms with E-state index in [4.69, 9.17) is 10.7 Å². The van der Waals surface area contributed by atoms with E-state index in [1.165, 1.54) is 30.3 Å². The van der Waals surface area contributed by atoms with Gasteiger partial charge in [0.2, 0.25) is 0 Å². The lowest BCUT2D eigenvalue weighted by Crippen LogP contribution is -2.35. The normalized spacial score (nSPS) is 25.1. The van der Waals surface area contributed by atoms with E-state index in [1.54, 1.807) is 0 Å². The zero-order valence-corrected chi connectivity index (χ0v) is 13.2. The van der Waals surface area contributed by atoms with Crippen molar-refractivity contribution in [1.82, 2.24) is 4.98 Å². The molecule has 0 spiro atoms. The van der Waals surface area contributed by atoms with Gasteiger partial charge in [0, 0.05) is 11.1 Å². The lowest BCUT2D eigenvalue weighted by atomic mass is 9.66. The van der Waals surface area contributed by atoms with Gasteiger partial charge in [-0.15, -0.1) is 0 Å². The molecule has 3 rings (SSSR count). The van der Waals surface area contributed by atoms with Crippen molar-refractivity contribution < 1.29 is 0 Å². The maximum absolute atomic E-state index is 6.01. The van der Waals surface area contributed by atoms with E-state index < -0.39 is 0 Å². The highest BCUT2D eigenvalue weighted by atomic mass is 14.7. The van der Waals surface area contributed by atoms with Crippen LogP contribution < -0.4 is 5.73 Å². The Morgan fingerprint density at radius 2 is 1.95 bits per heavy atom. The summed E-state index contributed by atoms with van der Waals surface area (Å²) < 4.78 is 0. The lowest BCUT2D eigenvalue weighted by molar-refractivity contribution is 0.121. The van der Waals surface area contributed by atoms with Crippen LogP contribution in [0.3, 0.4) is 0 Å². The minimum absolute atomic E-state index is 0.452. The third-order valence-electron chi connectivity index (χ3n) is 5.10. The number of rotatable bonds is 3. The maximum atomic E-state index is 6.01. The molecule has 1 fully saturated rings. The third kappa shape index (κ3) is 3.26. The quantitative estimate of drug-likeness (QED) is 0.917. The second-order valence-electron chi connectivity index (χ2n) is 7.36. The first-order chi connectivity index (χ1) is 10.1. The van der Waals surface area contributed by atoms with E-state index in [0.29, 0.717) is 17.3 Å². The Kier molecular flexibility index (Phi) is 3.99. The highest BCUT2D eigenvalue weighted by Gasteiger charge is 2.34. The third-order valence-corrected chi connectivity index (χ3v) is 5.10. The predicted molar refractivity (Wildman–Crippen MR) is 89.1 cm³/mol. The molecule has 2 N–H and O–H groups in total. The average molecular weight is 282 g/mol. The zero-order valence-electron chi connectivity index (χ0n) is 13.2. The highest BCUT2D eigenvalue weighted by molar-refractivity contribution is 5.78. The number of hydrogen-bond donors (Lipinski definition) is 1. The Balaban J connectivity index is 1.82. The predicted octanol–water partition coefficient (Wildman–Crippen LogP) is 4.18. The van der Waals surface area contributed by atoms with Gasteiger partial charge in [-0.2, -0.15) is 0 Å². The number of fused-ring (bicyclic) bond motifs is 1. The summed E-state index contributed by atoms with van der Waals surface area (Å²) in [6, 6.07) is 12.7. The van der Waals surface area contributed by atoms with E-state index in [9.17, 15) is 0 Å². The van der Waals surface area contributed by atoms with Crippen molar-refractivity contribution in [2.45, 2.75) is 39.5 Å². The summed E-state index contributed by atoms with van der Waals surface area (Å²) in [4.78, 5) is 4.85. The molecule has 21 heavy (non-hydrogen) atoms. The average Bonchev–Trinajstić information content (AvgIpc) is 2.46. The van der Waals surface area contributed by atoms with Crippen LogP contribution in [0.1, 0.15) is 38.8 Å². The van der Waals surface area contributed by atoms with Crippen molar-refractivity contribution >= 4 is 10.9 Å². The number of benzene rings is 1. The summed E-state index contributed by atoms with van der Waals surface area (Å²) in [5.74, 6) is 1.33. The molecule has 0 radical (unpaired) electrons. The Hall–Kier alpha value is -1.41. The van der Waals surface area contributed by atoms with Gasteiger partial charge in [-0.1, -0.05) is 38.1 Å². The second kappa shape index (κ2) is 5.76. The molecule has 1 aliphatic rings. The summed E-state index contributed by atoms with van der Waals surface area (Å²) in [6.45, 7) is 5.59. The molecule has 0 amide bonds. The van der Waals surface area contributed by atoms with Crippen LogP contribution in [0, 0.1) is 17.3 Å².